The number of hydrogen-bond donors (Lipinski definition) is 0. The van der Waals surface area contributed by atoms with Crippen molar-refractivity contribution >= 4 is 29.7 Å². The molecule has 1 fully saturated rings. The molecule has 9 nitrogen and oxygen atoms in total. The van der Waals surface area contributed by atoms with Gasteiger partial charge in [0.15, 0.2) is 5.75 Å². The number of benzene rings is 3. The fourth-order valence-corrected chi connectivity index (χ4v) is 6.00. The maximum atomic E-state index is 13.0. The third-order valence-corrected chi connectivity index (χ3v) is 8.95. The number of piperazine rings is 1. The fourth-order valence-electron chi connectivity index (χ4n) is 5.69. The van der Waals surface area contributed by atoms with E-state index in [1.807, 2.05) is 61.2 Å². The van der Waals surface area contributed by atoms with E-state index in [4.69, 9.17) is 31.1 Å². The lowest BCUT2D eigenvalue weighted by Gasteiger charge is -2.34. The number of rotatable bonds is 13. The molecule has 0 atom stereocenters. The van der Waals surface area contributed by atoms with Crippen molar-refractivity contribution in [2.75, 3.05) is 32.8 Å². The van der Waals surface area contributed by atoms with Gasteiger partial charge in [0.1, 0.15) is 19.0 Å². The number of pyridine rings is 2. The van der Waals surface area contributed by atoms with Crippen molar-refractivity contribution in [3.05, 3.63) is 153 Å². The van der Waals surface area contributed by atoms with Crippen LogP contribution >= 0.6 is 11.6 Å². The smallest absolute Gasteiger partial charge is 0.246 e. The predicted octanol–water partition coefficient (Wildman–Crippen LogP) is 8.44. The van der Waals surface area contributed by atoms with Crippen molar-refractivity contribution in [1.29, 1.82) is 5.26 Å². The van der Waals surface area contributed by atoms with E-state index in [0.29, 0.717) is 60.1 Å². The maximum absolute atomic E-state index is 13.0. The molecule has 3 heterocycles. The van der Waals surface area contributed by atoms with Crippen LogP contribution in [0, 0.1) is 25.2 Å². The van der Waals surface area contributed by atoms with Crippen LogP contribution in [0.3, 0.4) is 0 Å². The molecule has 53 heavy (non-hydrogen) atoms. The number of amides is 1. The Labute approximate surface area is 315 Å². The molecule has 0 aliphatic carbocycles. The van der Waals surface area contributed by atoms with Crippen LogP contribution < -0.4 is 14.2 Å². The van der Waals surface area contributed by atoms with Gasteiger partial charge in [-0.1, -0.05) is 60.1 Å². The zero-order valence-corrected chi connectivity index (χ0v) is 30.5. The van der Waals surface area contributed by atoms with Gasteiger partial charge >= 0.3 is 0 Å². The fraction of sp³-hybridized carbons (Fsp3) is 0.209. The third kappa shape index (κ3) is 10.8. The van der Waals surface area contributed by atoms with E-state index in [1.54, 1.807) is 54.9 Å². The molecule has 2 aromatic heterocycles. The van der Waals surface area contributed by atoms with E-state index in [0.717, 1.165) is 47.5 Å². The lowest BCUT2D eigenvalue weighted by molar-refractivity contribution is -0.127. The van der Waals surface area contributed by atoms with Crippen molar-refractivity contribution in [3.8, 4) is 29.3 Å². The third-order valence-electron chi connectivity index (χ3n) is 8.67. The average molecular weight is 726 g/mol. The molecule has 1 aliphatic rings. The number of aryl methyl sites for hydroxylation is 2. The van der Waals surface area contributed by atoms with E-state index in [-0.39, 0.29) is 5.91 Å². The van der Waals surface area contributed by atoms with Crippen molar-refractivity contribution in [2.24, 2.45) is 0 Å². The molecule has 0 N–H and O–H groups in total. The Morgan fingerprint density at radius 1 is 0.830 bits per heavy atom. The predicted molar refractivity (Wildman–Crippen MR) is 207 cm³/mol. The number of hydrogen-bond acceptors (Lipinski definition) is 8. The average Bonchev–Trinajstić information content (AvgIpc) is 3.18. The molecule has 0 bridgehead atoms. The molecule has 0 unspecified atom stereocenters. The zero-order chi connectivity index (χ0) is 37.0. The van der Waals surface area contributed by atoms with Gasteiger partial charge in [0.25, 0.3) is 0 Å². The minimum Gasteiger partial charge on any atom is -0.487 e. The minimum atomic E-state index is -0.0253. The summed E-state index contributed by atoms with van der Waals surface area (Å²) in [6, 6.07) is 28.9. The highest BCUT2D eigenvalue weighted by Gasteiger charge is 2.20. The molecule has 5 aromatic rings. The number of nitrogens with zero attached hydrogens (tertiary/aromatic N) is 5. The van der Waals surface area contributed by atoms with Crippen LogP contribution in [-0.4, -0.2) is 58.5 Å². The Morgan fingerprint density at radius 3 is 2.25 bits per heavy atom. The quantitative estimate of drug-likeness (QED) is 0.112. The molecule has 0 radical (unpaired) electrons. The van der Waals surface area contributed by atoms with Crippen LogP contribution in [0.2, 0.25) is 5.02 Å². The number of carbonyl (C=O) groups excluding carboxylic acids is 1. The normalized spacial score (nSPS) is 13.3. The summed E-state index contributed by atoms with van der Waals surface area (Å²) >= 11 is 6.62. The first-order valence-electron chi connectivity index (χ1n) is 17.4. The first-order chi connectivity index (χ1) is 25.8. The van der Waals surface area contributed by atoms with Gasteiger partial charge in [-0.05, 0) is 89.7 Å². The van der Waals surface area contributed by atoms with Crippen LogP contribution in [-0.2, 0) is 17.9 Å². The van der Waals surface area contributed by atoms with Gasteiger partial charge in [-0.25, -0.2) is 9.97 Å². The van der Waals surface area contributed by atoms with Gasteiger partial charge in [-0.2, -0.15) is 5.26 Å². The summed E-state index contributed by atoms with van der Waals surface area (Å²) in [5.41, 5.74) is 6.62. The van der Waals surface area contributed by atoms with Crippen molar-refractivity contribution in [2.45, 2.75) is 27.0 Å². The highest BCUT2D eigenvalue weighted by atomic mass is 35.5. The van der Waals surface area contributed by atoms with Crippen LogP contribution in [0.15, 0.2) is 109 Å². The van der Waals surface area contributed by atoms with Crippen molar-refractivity contribution in [1.82, 2.24) is 19.8 Å². The molecule has 3 aromatic carbocycles. The standard InChI is InChI=1S/C43H40ClN5O4/c1-31-5-16-40(46-27-31)51-23-3-4-33-6-10-35(11-7-33)29-48-19-21-49(22-20-48)42(50)18-14-37-24-32(2)43(39(44)25-37)53-41-17-15-38(28-47-41)52-30-36-12-8-34(26-45)9-13-36/h3-18,24-25,27-28H,19-23,29-30H2,1-2H3. The van der Waals surface area contributed by atoms with E-state index in [2.05, 4.69) is 45.2 Å². The summed E-state index contributed by atoms with van der Waals surface area (Å²) in [4.78, 5) is 25.9. The molecule has 0 saturated carbocycles. The Bertz CT molecular complexity index is 2060. The highest BCUT2D eigenvalue weighted by Crippen LogP contribution is 2.34. The highest BCUT2D eigenvalue weighted by molar-refractivity contribution is 6.32. The Balaban J connectivity index is 0.929. The second-order valence-corrected chi connectivity index (χ2v) is 13.2. The molecule has 6 rings (SSSR count). The summed E-state index contributed by atoms with van der Waals surface area (Å²) in [5.74, 6) is 2.06. The summed E-state index contributed by atoms with van der Waals surface area (Å²) < 4.78 is 17.5. The van der Waals surface area contributed by atoms with Crippen LogP contribution in [0.1, 0.15) is 38.9 Å². The van der Waals surface area contributed by atoms with Gasteiger partial charge in [0.2, 0.25) is 17.7 Å². The minimum absolute atomic E-state index is 0.0253. The summed E-state index contributed by atoms with van der Waals surface area (Å²) in [7, 11) is 0. The Kier molecular flexibility index (Phi) is 12.5. The van der Waals surface area contributed by atoms with Crippen LogP contribution in [0.25, 0.3) is 12.2 Å². The maximum Gasteiger partial charge on any atom is 0.246 e. The molecule has 10 heteroatoms. The molecular weight excluding hydrogens is 686 g/mol. The molecule has 268 valence electrons. The monoisotopic (exact) mass is 725 g/mol. The lowest BCUT2D eigenvalue weighted by Crippen LogP contribution is -2.47. The Morgan fingerprint density at radius 2 is 1.57 bits per heavy atom. The van der Waals surface area contributed by atoms with Crippen LogP contribution in [0.4, 0.5) is 0 Å². The number of aromatic nitrogens is 2. The Hall–Kier alpha value is -5.95. The molecular formula is C43H40ClN5O4. The SMILES string of the molecule is Cc1ccc(OCC=Cc2ccc(CN3CCN(C(=O)C=Cc4cc(C)c(Oc5ccc(OCc6ccc(C#N)cc6)cn5)c(Cl)c4)CC3)cc2)nc1. The first-order valence-corrected chi connectivity index (χ1v) is 17.8. The zero-order valence-electron chi connectivity index (χ0n) is 29.7. The topological polar surface area (TPSA) is 101 Å². The van der Waals surface area contributed by atoms with E-state index in [1.165, 1.54) is 5.56 Å². The largest absolute Gasteiger partial charge is 0.487 e. The number of carbonyl (C=O) groups is 1. The van der Waals surface area contributed by atoms with E-state index in [9.17, 15) is 4.79 Å². The van der Waals surface area contributed by atoms with Crippen LogP contribution in [0.5, 0.6) is 23.3 Å². The number of nitriles is 1. The second-order valence-electron chi connectivity index (χ2n) is 12.7. The lowest BCUT2D eigenvalue weighted by atomic mass is 10.1. The van der Waals surface area contributed by atoms with Gasteiger partial charge < -0.3 is 19.1 Å². The molecule has 1 saturated heterocycles. The van der Waals surface area contributed by atoms with Gasteiger partial charge in [0, 0.05) is 57.1 Å². The number of ether oxygens (including phenoxy) is 3. The molecule has 1 amide bonds. The van der Waals surface area contributed by atoms with Gasteiger partial charge in [-0.15, -0.1) is 0 Å². The van der Waals surface area contributed by atoms with E-state index < -0.39 is 0 Å². The van der Waals surface area contributed by atoms with Gasteiger partial charge in [0.05, 0.1) is 22.9 Å². The number of halogens is 1. The van der Waals surface area contributed by atoms with Crippen molar-refractivity contribution in [3.63, 3.8) is 0 Å². The van der Waals surface area contributed by atoms with Crippen molar-refractivity contribution < 1.29 is 19.0 Å². The van der Waals surface area contributed by atoms with Gasteiger partial charge in [-0.3, -0.25) is 9.69 Å². The molecule has 1 aliphatic heterocycles. The molecule has 0 spiro atoms. The van der Waals surface area contributed by atoms with E-state index >= 15 is 0 Å². The second kappa shape index (κ2) is 18.0. The summed E-state index contributed by atoms with van der Waals surface area (Å²) in [6.07, 6.45) is 10.8. The summed E-state index contributed by atoms with van der Waals surface area (Å²) in [5, 5.41) is 9.37. The first kappa shape index (κ1) is 36.8. The summed E-state index contributed by atoms with van der Waals surface area (Å²) in [6.45, 7) is 8.49.